The van der Waals surface area contributed by atoms with Crippen LogP contribution in [0, 0.1) is 11.8 Å². The van der Waals surface area contributed by atoms with Crippen LogP contribution in [0.15, 0.2) is 17.8 Å². The van der Waals surface area contributed by atoms with E-state index in [9.17, 15) is 4.79 Å². The third kappa shape index (κ3) is 4.16. The average molecular weight is 349 g/mol. The van der Waals surface area contributed by atoms with E-state index in [2.05, 4.69) is 36.0 Å². The van der Waals surface area contributed by atoms with Gasteiger partial charge in [0.2, 0.25) is 5.91 Å². The lowest BCUT2D eigenvalue weighted by molar-refractivity contribution is -0.120. The Morgan fingerprint density at radius 1 is 1.42 bits per heavy atom. The number of carbonyl (C=O) groups is 1. The highest BCUT2D eigenvalue weighted by Crippen LogP contribution is 2.21. The molecule has 0 unspecified atom stereocenters. The molecule has 1 atom stereocenters. The average Bonchev–Trinajstić information content (AvgIpc) is 3.10. The first kappa shape index (κ1) is 17.4. The van der Waals surface area contributed by atoms with E-state index in [0.29, 0.717) is 18.4 Å². The Morgan fingerprint density at radius 2 is 2.17 bits per heavy atom. The molecule has 1 amide bonds. The molecule has 2 aromatic rings. The third-order valence-corrected chi connectivity index (χ3v) is 5.82. The van der Waals surface area contributed by atoms with Crippen molar-refractivity contribution in [2.75, 3.05) is 19.6 Å². The van der Waals surface area contributed by atoms with Crippen molar-refractivity contribution in [3.05, 3.63) is 23.5 Å². The van der Waals surface area contributed by atoms with Crippen LogP contribution in [0.5, 0.6) is 0 Å². The minimum Gasteiger partial charge on any atom is -0.354 e. The van der Waals surface area contributed by atoms with Crippen LogP contribution < -0.4 is 5.32 Å². The highest BCUT2D eigenvalue weighted by Gasteiger charge is 2.26. The molecule has 1 aliphatic rings. The molecule has 0 aromatic carbocycles. The summed E-state index contributed by atoms with van der Waals surface area (Å²) in [5, 5.41) is 5.13. The summed E-state index contributed by atoms with van der Waals surface area (Å²) in [6, 6.07) is 0.423. The zero-order valence-electron chi connectivity index (χ0n) is 14.9. The SMILES string of the molecule is CC1CCN([C@@H](CNC(=O)Cc2cn3ccsc3n2)C(C)C)CC1. The first-order chi connectivity index (χ1) is 11.5. The maximum Gasteiger partial charge on any atom is 0.226 e. The van der Waals surface area contributed by atoms with Crippen LogP contribution in [0.25, 0.3) is 4.96 Å². The molecule has 3 heterocycles. The van der Waals surface area contributed by atoms with E-state index in [1.54, 1.807) is 11.3 Å². The molecule has 6 heteroatoms. The smallest absolute Gasteiger partial charge is 0.226 e. The number of hydrogen-bond acceptors (Lipinski definition) is 4. The van der Waals surface area contributed by atoms with E-state index in [1.165, 1.54) is 12.8 Å². The second-order valence-electron chi connectivity index (χ2n) is 7.34. The molecule has 0 radical (unpaired) electrons. The number of carbonyl (C=O) groups excluding carboxylic acids is 1. The maximum absolute atomic E-state index is 12.3. The Bertz CT molecular complexity index is 641. The van der Waals surface area contributed by atoms with Crippen molar-refractivity contribution in [2.24, 2.45) is 11.8 Å². The second-order valence-corrected chi connectivity index (χ2v) is 8.21. The van der Waals surface area contributed by atoms with Gasteiger partial charge in [0.05, 0.1) is 12.1 Å². The number of likely N-dealkylation sites (tertiary alicyclic amines) is 1. The van der Waals surface area contributed by atoms with Gasteiger partial charge < -0.3 is 5.32 Å². The van der Waals surface area contributed by atoms with Crippen molar-refractivity contribution >= 4 is 22.2 Å². The number of fused-ring (bicyclic) bond motifs is 1. The molecule has 3 rings (SSSR count). The second kappa shape index (κ2) is 7.66. The normalized spacial score (nSPS) is 18.3. The van der Waals surface area contributed by atoms with Crippen LogP contribution in [0.1, 0.15) is 39.3 Å². The van der Waals surface area contributed by atoms with Gasteiger partial charge in [0.25, 0.3) is 0 Å². The molecule has 1 N–H and O–H groups in total. The standard InChI is InChI=1S/C18H28N4OS/c1-13(2)16(21-6-4-14(3)5-7-21)11-19-17(23)10-15-12-22-8-9-24-18(22)20-15/h8-9,12-14,16H,4-7,10-11H2,1-3H3,(H,19,23)/t16-/m0/s1. The Hall–Kier alpha value is -1.40. The summed E-state index contributed by atoms with van der Waals surface area (Å²) in [5.41, 5.74) is 0.840. The number of imidazole rings is 1. The van der Waals surface area contributed by atoms with Crippen molar-refractivity contribution in [3.63, 3.8) is 0 Å². The predicted molar refractivity (Wildman–Crippen MR) is 98.4 cm³/mol. The molecule has 132 valence electrons. The van der Waals surface area contributed by atoms with Crippen LogP contribution in [-0.4, -0.2) is 45.9 Å². The molecule has 1 fully saturated rings. The zero-order valence-corrected chi connectivity index (χ0v) is 15.7. The van der Waals surface area contributed by atoms with Gasteiger partial charge in [0.15, 0.2) is 4.96 Å². The lowest BCUT2D eigenvalue weighted by atomic mass is 9.94. The van der Waals surface area contributed by atoms with E-state index >= 15 is 0 Å². The summed E-state index contributed by atoms with van der Waals surface area (Å²) in [5.74, 6) is 1.44. The number of aromatic nitrogens is 2. The summed E-state index contributed by atoms with van der Waals surface area (Å²) in [7, 11) is 0. The predicted octanol–water partition coefficient (Wildman–Crippen LogP) is 2.81. The first-order valence-electron chi connectivity index (χ1n) is 8.94. The number of nitrogens with one attached hydrogen (secondary N) is 1. The van der Waals surface area contributed by atoms with Crippen LogP contribution in [-0.2, 0) is 11.2 Å². The molecule has 24 heavy (non-hydrogen) atoms. The summed E-state index contributed by atoms with van der Waals surface area (Å²) >= 11 is 1.59. The minimum atomic E-state index is 0.0665. The minimum absolute atomic E-state index is 0.0665. The Balaban J connectivity index is 1.52. The molecular weight excluding hydrogens is 320 g/mol. The molecule has 0 bridgehead atoms. The van der Waals surface area contributed by atoms with Crippen molar-refractivity contribution in [2.45, 2.75) is 46.1 Å². The first-order valence-corrected chi connectivity index (χ1v) is 9.82. The molecule has 0 spiro atoms. The number of piperidine rings is 1. The van der Waals surface area contributed by atoms with Gasteiger partial charge in [0.1, 0.15) is 0 Å². The summed E-state index contributed by atoms with van der Waals surface area (Å²) < 4.78 is 1.97. The van der Waals surface area contributed by atoms with Gasteiger partial charge in [-0.2, -0.15) is 0 Å². The van der Waals surface area contributed by atoms with Gasteiger partial charge in [-0.15, -0.1) is 11.3 Å². The van der Waals surface area contributed by atoms with E-state index in [1.807, 2.05) is 22.2 Å². The van der Waals surface area contributed by atoms with Gasteiger partial charge in [-0.1, -0.05) is 20.8 Å². The van der Waals surface area contributed by atoms with Crippen LogP contribution in [0.3, 0.4) is 0 Å². The fourth-order valence-electron chi connectivity index (χ4n) is 3.45. The molecule has 1 aliphatic heterocycles. The molecule has 0 aliphatic carbocycles. The Kier molecular flexibility index (Phi) is 5.56. The Morgan fingerprint density at radius 3 is 2.83 bits per heavy atom. The summed E-state index contributed by atoms with van der Waals surface area (Å²) in [6.07, 6.45) is 6.80. The monoisotopic (exact) mass is 348 g/mol. The molecule has 2 aromatic heterocycles. The molecule has 5 nitrogen and oxygen atoms in total. The van der Waals surface area contributed by atoms with E-state index < -0.39 is 0 Å². The third-order valence-electron chi connectivity index (χ3n) is 5.05. The number of nitrogens with zero attached hydrogens (tertiary/aromatic N) is 3. The quantitative estimate of drug-likeness (QED) is 0.873. The van der Waals surface area contributed by atoms with Crippen LogP contribution in [0.2, 0.25) is 0 Å². The number of rotatable bonds is 6. The van der Waals surface area contributed by atoms with E-state index in [-0.39, 0.29) is 5.91 Å². The molecule has 1 saturated heterocycles. The Labute approximate surface area is 148 Å². The van der Waals surface area contributed by atoms with Crippen molar-refractivity contribution in [3.8, 4) is 0 Å². The zero-order chi connectivity index (χ0) is 17.1. The van der Waals surface area contributed by atoms with Gasteiger partial charge >= 0.3 is 0 Å². The van der Waals surface area contributed by atoms with Gasteiger partial charge in [-0.05, 0) is 37.8 Å². The lowest BCUT2D eigenvalue weighted by Gasteiger charge is -2.38. The number of thiazole rings is 1. The van der Waals surface area contributed by atoms with Crippen LogP contribution in [0.4, 0.5) is 0 Å². The maximum atomic E-state index is 12.3. The molecule has 0 saturated carbocycles. The van der Waals surface area contributed by atoms with Gasteiger partial charge in [0, 0.05) is 30.4 Å². The lowest BCUT2D eigenvalue weighted by Crippen LogP contribution is -2.49. The van der Waals surface area contributed by atoms with Crippen molar-refractivity contribution in [1.29, 1.82) is 0 Å². The number of amides is 1. The fraction of sp³-hybridized carbons (Fsp3) is 0.667. The van der Waals surface area contributed by atoms with E-state index in [4.69, 9.17) is 0 Å². The highest BCUT2D eigenvalue weighted by atomic mass is 32.1. The van der Waals surface area contributed by atoms with Crippen molar-refractivity contribution < 1.29 is 4.79 Å². The summed E-state index contributed by atoms with van der Waals surface area (Å²) in [4.78, 5) is 20.3. The number of hydrogen-bond donors (Lipinski definition) is 1. The molecular formula is C18H28N4OS. The van der Waals surface area contributed by atoms with Gasteiger partial charge in [-0.25, -0.2) is 4.98 Å². The topological polar surface area (TPSA) is 49.6 Å². The van der Waals surface area contributed by atoms with Crippen molar-refractivity contribution in [1.82, 2.24) is 19.6 Å². The van der Waals surface area contributed by atoms with E-state index in [0.717, 1.165) is 36.2 Å². The van der Waals surface area contributed by atoms with Gasteiger partial charge in [-0.3, -0.25) is 14.1 Å². The highest BCUT2D eigenvalue weighted by molar-refractivity contribution is 7.15. The summed E-state index contributed by atoms with van der Waals surface area (Å²) in [6.45, 7) is 9.86. The fourth-order valence-corrected chi connectivity index (χ4v) is 4.17. The van der Waals surface area contributed by atoms with Crippen LogP contribution >= 0.6 is 11.3 Å². The largest absolute Gasteiger partial charge is 0.354 e.